The van der Waals surface area contributed by atoms with Gasteiger partial charge in [-0.15, -0.1) is 0 Å². The summed E-state index contributed by atoms with van der Waals surface area (Å²) >= 11 is 0. The summed E-state index contributed by atoms with van der Waals surface area (Å²) in [6.07, 6.45) is 4.05. The van der Waals surface area contributed by atoms with Gasteiger partial charge in [-0.05, 0) is 37.3 Å². The molecule has 1 aromatic rings. The maximum atomic E-state index is 12.2. The molecule has 22 heavy (non-hydrogen) atoms. The number of carboxylic acid groups (broad SMARTS) is 1. The minimum absolute atomic E-state index is 0.0615. The lowest BCUT2D eigenvalue weighted by Gasteiger charge is -2.31. The molecule has 1 amide bonds. The molecule has 0 saturated carbocycles. The summed E-state index contributed by atoms with van der Waals surface area (Å²) in [5.74, 6) is -0.851. The van der Waals surface area contributed by atoms with Crippen LogP contribution in [0.15, 0.2) is 18.3 Å². The lowest BCUT2D eigenvalue weighted by atomic mass is 9.96. The SMILES string of the molecule is CC(C)CC1CC(NC(=O)c2ccnc(C(=O)O)c2)CCO1. The van der Waals surface area contributed by atoms with Gasteiger partial charge >= 0.3 is 5.97 Å². The molecule has 2 atom stereocenters. The number of nitrogens with zero attached hydrogens (tertiary/aromatic N) is 1. The third-order valence-corrected chi connectivity index (χ3v) is 3.68. The summed E-state index contributed by atoms with van der Waals surface area (Å²) in [4.78, 5) is 26.9. The zero-order chi connectivity index (χ0) is 16.1. The van der Waals surface area contributed by atoms with Crippen LogP contribution in [0.3, 0.4) is 0 Å². The van der Waals surface area contributed by atoms with E-state index in [2.05, 4.69) is 24.1 Å². The van der Waals surface area contributed by atoms with E-state index in [0.717, 1.165) is 19.3 Å². The summed E-state index contributed by atoms with van der Waals surface area (Å²) < 4.78 is 5.72. The Bertz CT molecular complexity index is 545. The minimum Gasteiger partial charge on any atom is -0.477 e. The number of carboxylic acids is 1. The summed E-state index contributed by atoms with van der Waals surface area (Å²) in [6, 6.07) is 2.88. The molecular weight excluding hydrogens is 284 g/mol. The molecule has 0 aromatic carbocycles. The van der Waals surface area contributed by atoms with Crippen molar-refractivity contribution in [3.8, 4) is 0 Å². The molecule has 6 heteroatoms. The van der Waals surface area contributed by atoms with Crippen molar-refractivity contribution >= 4 is 11.9 Å². The molecule has 0 aliphatic carbocycles. The van der Waals surface area contributed by atoms with E-state index in [9.17, 15) is 9.59 Å². The van der Waals surface area contributed by atoms with Crippen molar-refractivity contribution in [1.82, 2.24) is 10.3 Å². The second-order valence-corrected chi connectivity index (χ2v) is 6.05. The highest BCUT2D eigenvalue weighted by atomic mass is 16.5. The largest absolute Gasteiger partial charge is 0.477 e. The Labute approximate surface area is 129 Å². The number of aromatic carboxylic acids is 1. The molecule has 120 valence electrons. The number of amides is 1. The number of carbonyl (C=O) groups is 2. The minimum atomic E-state index is -1.14. The van der Waals surface area contributed by atoms with Crippen LogP contribution in [0.2, 0.25) is 0 Å². The first kappa shape index (κ1) is 16.4. The third-order valence-electron chi connectivity index (χ3n) is 3.68. The van der Waals surface area contributed by atoms with Crippen molar-refractivity contribution in [3.63, 3.8) is 0 Å². The topological polar surface area (TPSA) is 88.5 Å². The van der Waals surface area contributed by atoms with Gasteiger partial charge in [0.2, 0.25) is 0 Å². The van der Waals surface area contributed by atoms with Gasteiger partial charge in [0.15, 0.2) is 0 Å². The fourth-order valence-electron chi connectivity index (χ4n) is 2.66. The van der Waals surface area contributed by atoms with Crippen molar-refractivity contribution in [2.24, 2.45) is 5.92 Å². The van der Waals surface area contributed by atoms with Crippen LogP contribution in [0, 0.1) is 5.92 Å². The van der Waals surface area contributed by atoms with Crippen molar-refractivity contribution < 1.29 is 19.4 Å². The van der Waals surface area contributed by atoms with E-state index in [-0.39, 0.29) is 23.7 Å². The Kier molecular flexibility index (Phi) is 5.49. The normalized spacial score (nSPS) is 21.6. The van der Waals surface area contributed by atoms with Gasteiger partial charge in [-0.2, -0.15) is 0 Å². The van der Waals surface area contributed by atoms with E-state index in [1.54, 1.807) is 0 Å². The van der Waals surface area contributed by atoms with Gasteiger partial charge < -0.3 is 15.2 Å². The van der Waals surface area contributed by atoms with Crippen LogP contribution in [0.5, 0.6) is 0 Å². The van der Waals surface area contributed by atoms with Gasteiger partial charge in [0.25, 0.3) is 5.91 Å². The molecule has 6 nitrogen and oxygen atoms in total. The first-order chi connectivity index (χ1) is 10.5. The predicted molar refractivity (Wildman–Crippen MR) is 80.9 cm³/mol. The molecule has 0 spiro atoms. The lowest BCUT2D eigenvalue weighted by molar-refractivity contribution is -0.00847. The smallest absolute Gasteiger partial charge is 0.354 e. The fraction of sp³-hybridized carbons (Fsp3) is 0.562. The molecule has 2 N–H and O–H groups in total. The molecule has 1 aliphatic heterocycles. The van der Waals surface area contributed by atoms with Crippen molar-refractivity contribution in [2.45, 2.75) is 45.3 Å². The van der Waals surface area contributed by atoms with Crippen molar-refractivity contribution in [3.05, 3.63) is 29.6 Å². The number of carbonyl (C=O) groups excluding carboxylic acids is 1. The van der Waals surface area contributed by atoms with Gasteiger partial charge in [0.05, 0.1) is 6.10 Å². The van der Waals surface area contributed by atoms with Crippen LogP contribution >= 0.6 is 0 Å². The molecular formula is C16H22N2O4. The van der Waals surface area contributed by atoms with Crippen molar-refractivity contribution in [2.75, 3.05) is 6.61 Å². The van der Waals surface area contributed by atoms with E-state index in [4.69, 9.17) is 9.84 Å². The molecule has 0 radical (unpaired) electrons. The molecule has 1 fully saturated rings. The third kappa shape index (κ3) is 4.53. The van der Waals surface area contributed by atoms with E-state index < -0.39 is 5.97 Å². The summed E-state index contributed by atoms with van der Waals surface area (Å²) in [5.41, 5.74) is 0.191. The number of pyridine rings is 1. The highest BCUT2D eigenvalue weighted by Crippen LogP contribution is 2.20. The summed E-state index contributed by atoms with van der Waals surface area (Å²) in [6.45, 7) is 4.94. The molecule has 1 saturated heterocycles. The van der Waals surface area contributed by atoms with Crippen LogP contribution in [-0.4, -0.2) is 40.7 Å². The molecule has 1 aliphatic rings. The molecule has 1 aromatic heterocycles. The highest BCUT2D eigenvalue weighted by molar-refractivity contribution is 5.96. The first-order valence-electron chi connectivity index (χ1n) is 7.57. The van der Waals surface area contributed by atoms with Gasteiger partial charge in [-0.3, -0.25) is 4.79 Å². The summed E-state index contributed by atoms with van der Waals surface area (Å²) in [5, 5.41) is 11.9. The number of ether oxygens (including phenoxy) is 1. The Balaban J connectivity index is 1.96. The predicted octanol–water partition coefficient (Wildman–Crippen LogP) is 2.10. The molecule has 2 rings (SSSR count). The number of hydrogen-bond donors (Lipinski definition) is 2. The second-order valence-electron chi connectivity index (χ2n) is 6.05. The average molecular weight is 306 g/mol. The monoisotopic (exact) mass is 306 g/mol. The summed E-state index contributed by atoms with van der Waals surface area (Å²) in [7, 11) is 0. The number of aromatic nitrogens is 1. The van der Waals surface area contributed by atoms with Crippen LogP contribution in [0.25, 0.3) is 0 Å². The van der Waals surface area contributed by atoms with Gasteiger partial charge in [0, 0.05) is 24.4 Å². The van der Waals surface area contributed by atoms with Gasteiger partial charge in [-0.1, -0.05) is 13.8 Å². The van der Waals surface area contributed by atoms with Crippen LogP contribution in [-0.2, 0) is 4.74 Å². The zero-order valence-corrected chi connectivity index (χ0v) is 12.9. The van der Waals surface area contributed by atoms with E-state index in [1.165, 1.54) is 18.3 Å². The number of nitrogens with one attached hydrogen (secondary N) is 1. The standard InChI is InChI=1S/C16H22N2O4/c1-10(2)7-13-9-12(4-6-22-13)18-15(19)11-3-5-17-14(8-11)16(20)21/h3,5,8,10,12-13H,4,6-7,9H2,1-2H3,(H,18,19)(H,20,21). The maximum absolute atomic E-state index is 12.2. The Morgan fingerprint density at radius 1 is 1.50 bits per heavy atom. The highest BCUT2D eigenvalue weighted by Gasteiger charge is 2.25. The Morgan fingerprint density at radius 2 is 2.27 bits per heavy atom. The Morgan fingerprint density at radius 3 is 2.95 bits per heavy atom. The van der Waals surface area contributed by atoms with E-state index >= 15 is 0 Å². The van der Waals surface area contributed by atoms with Gasteiger partial charge in [0.1, 0.15) is 5.69 Å². The van der Waals surface area contributed by atoms with Gasteiger partial charge in [-0.25, -0.2) is 9.78 Å². The number of rotatable bonds is 5. The van der Waals surface area contributed by atoms with E-state index in [1.807, 2.05) is 0 Å². The van der Waals surface area contributed by atoms with Crippen LogP contribution < -0.4 is 5.32 Å². The molecule has 2 unspecified atom stereocenters. The molecule has 2 heterocycles. The number of hydrogen-bond acceptors (Lipinski definition) is 4. The lowest BCUT2D eigenvalue weighted by Crippen LogP contribution is -2.42. The zero-order valence-electron chi connectivity index (χ0n) is 12.9. The average Bonchev–Trinajstić information content (AvgIpc) is 2.47. The van der Waals surface area contributed by atoms with Crippen LogP contribution in [0.1, 0.15) is 54.0 Å². The van der Waals surface area contributed by atoms with Crippen molar-refractivity contribution in [1.29, 1.82) is 0 Å². The van der Waals surface area contributed by atoms with Crippen LogP contribution in [0.4, 0.5) is 0 Å². The Hall–Kier alpha value is -1.95. The quantitative estimate of drug-likeness (QED) is 0.869. The molecule has 0 bridgehead atoms. The first-order valence-corrected chi connectivity index (χ1v) is 7.57. The van der Waals surface area contributed by atoms with E-state index in [0.29, 0.717) is 18.1 Å². The second kappa shape index (κ2) is 7.35. The fourth-order valence-corrected chi connectivity index (χ4v) is 2.66. The maximum Gasteiger partial charge on any atom is 0.354 e.